The van der Waals surface area contributed by atoms with Crippen LogP contribution >= 0.6 is 0 Å². The molecule has 1 aromatic heterocycles. The summed E-state index contributed by atoms with van der Waals surface area (Å²) in [6.45, 7) is 1.79. The van der Waals surface area contributed by atoms with Crippen molar-refractivity contribution in [2.45, 2.75) is 32.2 Å². The van der Waals surface area contributed by atoms with Gasteiger partial charge in [0.05, 0.1) is 7.11 Å². The number of rotatable bonds is 8. The molecule has 2 aromatic rings. The molecule has 0 aliphatic carbocycles. The number of anilines is 1. The largest absolute Gasteiger partial charge is 0.497 e. The number of carboxylic acids is 1. The van der Waals surface area contributed by atoms with Crippen LogP contribution in [0.25, 0.3) is 0 Å². The second-order valence-corrected chi connectivity index (χ2v) is 5.42. The van der Waals surface area contributed by atoms with Gasteiger partial charge in [0.1, 0.15) is 12.3 Å². The number of amides is 1. The van der Waals surface area contributed by atoms with Crippen molar-refractivity contribution in [3.63, 3.8) is 0 Å². The number of carbonyl (C=O) groups excluding carboxylic acids is 1. The van der Waals surface area contributed by atoms with Crippen LogP contribution in [0, 0.1) is 0 Å². The van der Waals surface area contributed by atoms with Gasteiger partial charge in [-0.05, 0) is 30.0 Å². The summed E-state index contributed by atoms with van der Waals surface area (Å²) in [7, 11) is 1.61. The lowest BCUT2D eigenvalue weighted by molar-refractivity contribution is -0.137. The number of ether oxygens (including phenoxy) is 1. The molecule has 0 aliphatic rings. The third kappa shape index (κ3) is 4.84. The van der Waals surface area contributed by atoms with E-state index in [1.807, 2.05) is 31.2 Å². The highest BCUT2D eigenvalue weighted by Gasteiger charge is 2.15. The van der Waals surface area contributed by atoms with Gasteiger partial charge in [-0.1, -0.05) is 19.1 Å². The lowest BCUT2D eigenvalue weighted by atomic mass is 9.93. The predicted octanol–water partition coefficient (Wildman–Crippen LogP) is 2.50. The quantitative estimate of drug-likeness (QED) is 0.775. The fourth-order valence-corrected chi connectivity index (χ4v) is 2.45. The lowest BCUT2D eigenvalue weighted by Crippen LogP contribution is -2.16. The van der Waals surface area contributed by atoms with E-state index in [9.17, 15) is 9.59 Å². The van der Waals surface area contributed by atoms with Gasteiger partial charge in [0.25, 0.3) is 0 Å². The summed E-state index contributed by atoms with van der Waals surface area (Å²) < 4.78 is 6.40. The number of hydrogen-bond donors (Lipinski definition) is 2. The van der Waals surface area contributed by atoms with Crippen LogP contribution in [0.1, 0.15) is 31.2 Å². The predicted molar refractivity (Wildman–Crippen MR) is 89.1 cm³/mol. The molecule has 1 amide bonds. The maximum Gasteiger partial charge on any atom is 0.325 e. The zero-order chi connectivity index (χ0) is 17.5. The van der Waals surface area contributed by atoms with Gasteiger partial charge in [-0.3, -0.25) is 14.3 Å². The van der Waals surface area contributed by atoms with Crippen molar-refractivity contribution < 1.29 is 19.4 Å². The first-order valence-corrected chi connectivity index (χ1v) is 7.71. The van der Waals surface area contributed by atoms with E-state index in [0.717, 1.165) is 17.7 Å². The Morgan fingerprint density at radius 2 is 2.00 bits per heavy atom. The Labute approximate surface area is 140 Å². The molecular weight excluding hydrogens is 310 g/mol. The summed E-state index contributed by atoms with van der Waals surface area (Å²) in [5.74, 6) is 0.0876. The van der Waals surface area contributed by atoms with Crippen molar-refractivity contribution >= 4 is 17.7 Å². The van der Waals surface area contributed by atoms with Crippen LogP contribution in [0.5, 0.6) is 5.75 Å². The highest BCUT2D eigenvalue weighted by Crippen LogP contribution is 2.25. The Balaban J connectivity index is 1.95. The second kappa shape index (κ2) is 8.14. The normalized spacial score (nSPS) is 11.8. The van der Waals surface area contributed by atoms with Gasteiger partial charge in [0.2, 0.25) is 5.91 Å². The van der Waals surface area contributed by atoms with Crippen LogP contribution in [0.3, 0.4) is 0 Å². The Hall–Kier alpha value is -2.83. The van der Waals surface area contributed by atoms with Gasteiger partial charge in [-0.2, -0.15) is 5.10 Å². The number of aliphatic carboxylic acids is 1. The van der Waals surface area contributed by atoms with Gasteiger partial charge < -0.3 is 15.2 Å². The van der Waals surface area contributed by atoms with Crippen LogP contribution in [0.2, 0.25) is 0 Å². The van der Waals surface area contributed by atoms with Gasteiger partial charge in [-0.25, -0.2) is 0 Å². The molecule has 7 heteroatoms. The molecule has 2 rings (SSSR count). The van der Waals surface area contributed by atoms with E-state index < -0.39 is 5.97 Å². The fourth-order valence-electron chi connectivity index (χ4n) is 2.45. The first-order chi connectivity index (χ1) is 11.5. The van der Waals surface area contributed by atoms with Gasteiger partial charge >= 0.3 is 5.97 Å². The third-order valence-corrected chi connectivity index (χ3v) is 3.72. The molecule has 0 saturated heterocycles. The van der Waals surface area contributed by atoms with E-state index in [1.165, 1.54) is 10.9 Å². The van der Waals surface area contributed by atoms with Crippen molar-refractivity contribution in [2.75, 3.05) is 12.4 Å². The van der Waals surface area contributed by atoms with Crippen molar-refractivity contribution in [3.05, 3.63) is 42.1 Å². The minimum atomic E-state index is -0.985. The summed E-state index contributed by atoms with van der Waals surface area (Å²) in [6, 6.07) is 9.26. The van der Waals surface area contributed by atoms with E-state index in [0.29, 0.717) is 12.2 Å². The number of aromatic nitrogens is 2. The molecule has 7 nitrogen and oxygen atoms in total. The van der Waals surface area contributed by atoms with Crippen molar-refractivity contribution in [1.29, 1.82) is 0 Å². The topological polar surface area (TPSA) is 93.5 Å². The van der Waals surface area contributed by atoms with E-state index in [4.69, 9.17) is 9.84 Å². The highest BCUT2D eigenvalue weighted by molar-refractivity contribution is 5.90. The molecule has 24 heavy (non-hydrogen) atoms. The maximum absolute atomic E-state index is 12.2. The summed E-state index contributed by atoms with van der Waals surface area (Å²) in [6.07, 6.45) is 2.67. The maximum atomic E-state index is 12.2. The molecule has 0 saturated carbocycles. The average Bonchev–Trinajstić information content (AvgIpc) is 2.98. The molecule has 0 spiro atoms. The number of hydrogen-bond acceptors (Lipinski definition) is 4. The number of nitrogens with zero attached hydrogens (tertiary/aromatic N) is 2. The van der Waals surface area contributed by atoms with E-state index in [-0.39, 0.29) is 18.4 Å². The summed E-state index contributed by atoms with van der Waals surface area (Å²) >= 11 is 0. The minimum Gasteiger partial charge on any atom is -0.497 e. The number of nitrogens with one attached hydrogen (secondary N) is 1. The first-order valence-electron chi connectivity index (χ1n) is 7.71. The van der Waals surface area contributed by atoms with Crippen LogP contribution in [-0.2, 0) is 16.1 Å². The van der Waals surface area contributed by atoms with Crippen LogP contribution in [0.4, 0.5) is 5.82 Å². The summed E-state index contributed by atoms with van der Waals surface area (Å²) in [4.78, 5) is 22.8. The van der Waals surface area contributed by atoms with E-state index >= 15 is 0 Å². The monoisotopic (exact) mass is 331 g/mol. The zero-order valence-electron chi connectivity index (χ0n) is 13.7. The zero-order valence-corrected chi connectivity index (χ0v) is 13.7. The summed E-state index contributed by atoms with van der Waals surface area (Å²) in [5, 5.41) is 15.4. The van der Waals surface area contributed by atoms with E-state index in [2.05, 4.69) is 10.4 Å². The molecule has 1 aromatic carbocycles. The molecule has 1 heterocycles. The number of carboxylic acid groups (broad SMARTS) is 1. The Morgan fingerprint density at radius 1 is 1.29 bits per heavy atom. The standard InChI is InChI=1S/C17H21N3O4/c1-3-12(13-4-6-14(24-2)7-5-13)10-16(21)18-15-8-9-20(19-15)11-17(22)23/h4-9,12H,3,10-11H2,1-2H3,(H,22,23)(H,18,19,21). The number of methoxy groups -OCH3 is 1. The van der Waals surface area contributed by atoms with Crippen molar-refractivity contribution in [2.24, 2.45) is 0 Å². The lowest BCUT2D eigenvalue weighted by Gasteiger charge is -2.15. The number of carbonyl (C=O) groups is 2. The molecule has 0 bridgehead atoms. The van der Waals surface area contributed by atoms with Gasteiger partial charge in [0, 0.05) is 18.7 Å². The number of benzene rings is 1. The van der Waals surface area contributed by atoms with Crippen LogP contribution < -0.4 is 10.1 Å². The molecule has 0 radical (unpaired) electrons. The second-order valence-electron chi connectivity index (χ2n) is 5.42. The average molecular weight is 331 g/mol. The Kier molecular flexibility index (Phi) is 5.95. The Morgan fingerprint density at radius 3 is 2.58 bits per heavy atom. The van der Waals surface area contributed by atoms with Gasteiger partial charge in [-0.15, -0.1) is 0 Å². The molecule has 0 aliphatic heterocycles. The Bertz CT molecular complexity index is 694. The molecule has 128 valence electrons. The molecule has 1 unspecified atom stereocenters. The van der Waals surface area contributed by atoms with E-state index in [1.54, 1.807) is 13.2 Å². The molecule has 2 N–H and O–H groups in total. The highest BCUT2D eigenvalue weighted by atomic mass is 16.5. The first kappa shape index (κ1) is 17.5. The van der Waals surface area contributed by atoms with Gasteiger partial charge in [0.15, 0.2) is 5.82 Å². The molecule has 0 fully saturated rings. The summed E-state index contributed by atoms with van der Waals surface area (Å²) in [5.41, 5.74) is 1.07. The molecular formula is C17H21N3O4. The minimum absolute atomic E-state index is 0.0945. The van der Waals surface area contributed by atoms with Crippen LogP contribution in [-0.4, -0.2) is 33.9 Å². The third-order valence-electron chi connectivity index (χ3n) is 3.72. The smallest absolute Gasteiger partial charge is 0.325 e. The fraction of sp³-hybridized carbons (Fsp3) is 0.353. The SMILES string of the molecule is CCC(CC(=O)Nc1ccn(CC(=O)O)n1)c1ccc(OC)cc1. The van der Waals surface area contributed by atoms with Crippen LogP contribution in [0.15, 0.2) is 36.5 Å². The van der Waals surface area contributed by atoms with Crippen molar-refractivity contribution in [1.82, 2.24) is 9.78 Å². The molecule has 1 atom stereocenters. The van der Waals surface area contributed by atoms with Crippen molar-refractivity contribution in [3.8, 4) is 5.75 Å².